The Morgan fingerprint density at radius 3 is 2.19 bits per heavy atom. The molecule has 0 bridgehead atoms. The Morgan fingerprint density at radius 2 is 1.50 bits per heavy atom. The molecule has 0 atom stereocenters. The van der Waals surface area contributed by atoms with E-state index in [1.165, 1.54) is 26.6 Å². The molecule has 3 heterocycles. The van der Waals surface area contributed by atoms with Crippen LogP contribution in [0.1, 0.15) is 43.7 Å². The number of nitrogens with zero attached hydrogens (tertiary/aromatic N) is 2. The first-order chi connectivity index (χ1) is 22.8. The van der Waals surface area contributed by atoms with Crippen LogP contribution in [0.15, 0.2) is 120 Å². The molecule has 245 valence electrons. The van der Waals surface area contributed by atoms with Gasteiger partial charge in [0.25, 0.3) is 0 Å². The fraction of sp³-hybridized carbons (Fsp3) is 0.209. The molecule has 0 aliphatic rings. The van der Waals surface area contributed by atoms with Crippen molar-refractivity contribution in [2.24, 2.45) is 0 Å². The topological polar surface area (TPSA) is 38.9 Å². The maximum atomic E-state index is 6.31. The summed E-state index contributed by atoms with van der Waals surface area (Å²) in [4.78, 5) is 9.25. The third-order valence-corrected chi connectivity index (χ3v) is 13.4. The van der Waals surface area contributed by atoms with Crippen molar-refractivity contribution in [1.82, 2.24) is 9.97 Å². The van der Waals surface area contributed by atoms with Gasteiger partial charge >= 0.3 is 106 Å². The zero-order valence-electron chi connectivity index (χ0n) is 28.6. The number of benzene rings is 4. The number of aryl methyl sites for hydroxylation is 1. The second-order valence-electron chi connectivity index (χ2n) is 13.2. The molecule has 0 amide bonds. The van der Waals surface area contributed by atoms with Gasteiger partial charge in [0, 0.05) is 31.7 Å². The maximum Gasteiger partial charge on any atom is 0 e. The van der Waals surface area contributed by atoms with Gasteiger partial charge in [0.15, 0.2) is 0 Å². The number of pyridine rings is 2. The number of aromatic nitrogens is 2. The number of rotatable bonds is 7. The number of furan rings is 1. The molecule has 0 fully saturated rings. The molecular weight excluding hydrogens is 825 g/mol. The average molecular weight is 868 g/mol. The van der Waals surface area contributed by atoms with E-state index in [9.17, 15) is 0 Å². The first-order valence-corrected chi connectivity index (χ1v) is 23.9. The fourth-order valence-corrected chi connectivity index (χ4v) is 9.96. The van der Waals surface area contributed by atoms with Crippen LogP contribution in [0.5, 0.6) is 0 Å². The molecule has 0 spiro atoms. The molecule has 0 saturated carbocycles. The van der Waals surface area contributed by atoms with Gasteiger partial charge in [-0.15, -0.1) is 18.2 Å². The quantitative estimate of drug-likeness (QED) is 0.118. The van der Waals surface area contributed by atoms with Crippen LogP contribution in [0.2, 0.25) is 17.3 Å². The van der Waals surface area contributed by atoms with Gasteiger partial charge in [-0.3, -0.25) is 0 Å². The monoisotopic (exact) mass is 869 g/mol. The summed E-state index contributed by atoms with van der Waals surface area (Å²) < 4.78 is 7.80. The van der Waals surface area contributed by atoms with E-state index in [0.717, 1.165) is 57.3 Å². The third-order valence-electron chi connectivity index (χ3n) is 8.94. The van der Waals surface area contributed by atoms with Crippen LogP contribution in [0.4, 0.5) is 0 Å². The van der Waals surface area contributed by atoms with Crippen molar-refractivity contribution in [3.8, 4) is 33.6 Å². The first kappa shape index (κ1) is 35.5. The molecule has 0 aliphatic heterocycles. The molecule has 48 heavy (non-hydrogen) atoms. The van der Waals surface area contributed by atoms with Crippen LogP contribution in [-0.4, -0.2) is 23.2 Å². The zero-order chi connectivity index (χ0) is 33.0. The molecule has 0 aliphatic carbocycles. The van der Waals surface area contributed by atoms with E-state index >= 15 is 0 Å². The Bertz CT molecular complexity index is 2110. The minimum atomic E-state index is -1.77. The summed E-state index contributed by atoms with van der Waals surface area (Å²) in [7, 11) is 0. The average Bonchev–Trinajstić information content (AvgIpc) is 3.48. The minimum Gasteiger partial charge on any atom is 0 e. The number of hydrogen-bond donors (Lipinski definition) is 0. The van der Waals surface area contributed by atoms with Gasteiger partial charge in [0.2, 0.25) is 0 Å². The largest absolute Gasteiger partial charge is 0 e. The Morgan fingerprint density at radius 1 is 0.729 bits per heavy atom. The smallest absolute Gasteiger partial charge is 0 e. The predicted octanol–water partition coefficient (Wildman–Crippen LogP) is 11.4. The maximum absolute atomic E-state index is 6.31. The van der Waals surface area contributed by atoms with Crippen molar-refractivity contribution in [2.75, 3.05) is 0 Å². The Labute approximate surface area is 301 Å². The van der Waals surface area contributed by atoms with E-state index in [0.29, 0.717) is 5.92 Å². The first-order valence-electron chi connectivity index (χ1n) is 16.6. The van der Waals surface area contributed by atoms with Gasteiger partial charge in [0.05, 0.1) is 5.58 Å². The normalized spacial score (nSPS) is 11.3. The SMILES string of the molecule is CCC(CC)c1ccnc(-c2[c-]ccc3c2oc2ccc(-c4ccccc4)cc23)c1.Cc1cc(-c2[c-]cccc2)nc[c]1[Ge]([CH3])([CH3])[CH3].[Ir]. The third kappa shape index (κ3) is 7.73. The van der Waals surface area contributed by atoms with Crippen LogP contribution in [-0.2, 0) is 20.1 Å². The zero-order valence-corrected chi connectivity index (χ0v) is 33.1. The van der Waals surface area contributed by atoms with Gasteiger partial charge in [-0.25, -0.2) is 0 Å². The second-order valence-corrected chi connectivity index (χ2v) is 23.7. The molecule has 3 nitrogen and oxygen atoms in total. The molecule has 0 saturated heterocycles. The van der Waals surface area contributed by atoms with E-state index in [1.807, 2.05) is 36.5 Å². The summed E-state index contributed by atoms with van der Waals surface area (Å²) >= 11 is -1.77. The van der Waals surface area contributed by atoms with Gasteiger partial charge in [0.1, 0.15) is 5.58 Å². The van der Waals surface area contributed by atoms with Gasteiger partial charge in [-0.1, -0.05) is 72.8 Å². The Balaban J connectivity index is 0.000000214. The van der Waals surface area contributed by atoms with E-state index in [2.05, 4.69) is 139 Å². The van der Waals surface area contributed by atoms with Crippen molar-refractivity contribution in [3.05, 3.63) is 139 Å². The van der Waals surface area contributed by atoms with Crippen LogP contribution < -0.4 is 4.40 Å². The molecule has 4 aromatic carbocycles. The molecule has 0 N–H and O–H groups in total. The van der Waals surface area contributed by atoms with Gasteiger partial charge in [-0.2, -0.15) is 0 Å². The second kappa shape index (κ2) is 15.6. The molecule has 1 radical (unpaired) electrons. The summed E-state index contributed by atoms with van der Waals surface area (Å²) in [5, 5.41) is 2.23. The predicted molar refractivity (Wildman–Crippen MR) is 201 cm³/mol. The summed E-state index contributed by atoms with van der Waals surface area (Å²) in [6, 6.07) is 42.0. The fourth-order valence-electron chi connectivity index (χ4n) is 6.38. The van der Waals surface area contributed by atoms with Crippen molar-refractivity contribution >= 4 is 39.6 Å². The van der Waals surface area contributed by atoms with Crippen LogP contribution in [0.25, 0.3) is 55.6 Å². The van der Waals surface area contributed by atoms with E-state index in [-0.39, 0.29) is 20.1 Å². The Hall–Kier alpha value is -3.83. The summed E-state index contributed by atoms with van der Waals surface area (Å²) in [6.45, 7) is 6.68. The van der Waals surface area contributed by atoms with Crippen LogP contribution in [0, 0.1) is 19.1 Å². The van der Waals surface area contributed by atoms with E-state index in [4.69, 9.17) is 4.42 Å². The summed E-state index contributed by atoms with van der Waals surface area (Å²) in [6.07, 6.45) is 6.23. The number of fused-ring (bicyclic) bond motifs is 3. The van der Waals surface area contributed by atoms with Crippen molar-refractivity contribution in [1.29, 1.82) is 0 Å². The standard InChI is InChI=1S/C28H24NO.C15H18GeN.Ir/c1-3-19(4-2)22-15-16-29-26(18-22)24-12-8-11-23-25-17-21(20-9-6-5-7-10-20)13-14-27(25)30-28(23)24;1-12-10-15(13-8-6-5-7-9-13)17-11-14(12)16(2,3)4;/h5-11,13-19H,3-4H2,1-2H3;5-8,10-11H,1-4H3;/q2*-1;. The van der Waals surface area contributed by atoms with Crippen molar-refractivity contribution in [2.45, 2.75) is 56.8 Å². The van der Waals surface area contributed by atoms with Crippen LogP contribution in [0.3, 0.4) is 0 Å². The van der Waals surface area contributed by atoms with Crippen molar-refractivity contribution in [3.63, 3.8) is 0 Å². The summed E-state index contributed by atoms with van der Waals surface area (Å²) in [5.74, 6) is 7.75. The molecular formula is C43H42GeIrN2O-2. The molecule has 3 aromatic heterocycles. The van der Waals surface area contributed by atoms with E-state index in [1.54, 1.807) is 0 Å². The van der Waals surface area contributed by atoms with Crippen LogP contribution >= 0.6 is 0 Å². The van der Waals surface area contributed by atoms with Gasteiger partial charge in [-0.05, 0) is 53.8 Å². The van der Waals surface area contributed by atoms with Gasteiger partial charge < -0.3 is 9.40 Å². The molecule has 0 unspecified atom stereocenters. The van der Waals surface area contributed by atoms with Crippen molar-refractivity contribution < 1.29 is 24.5 Å². The molecule has 7 rings (SSSR count). The minimum absolute atomic E-state index is 0. The molecule has 7 aromatic rings. The van der Waals surface area contributed by atoms with E-state index < -0.39 is 13.3 Å². The number of hydrogen-bond acceptors (Lipinski definition) is 3. The molecule has 5 heteroatoms. The Kier molecular flexibility index (Phi) is 11.5. The summed E-state index contributed by atoms with van der Waals surface area (Å²) in [5.41, 5.74) is 10.8.